The van der Waals surface area contributed by atoms with E-state index in [9.17, 15) is 4.79 Å². The molecule has 2 rings (SSSR count). The fraction of sp³-hybridized carbons (Fsp3) is 0.0769. The number of hydrogen-bond acceptors (Lipinski definition) is 3. The van der Waals surface area contributed by atoms with E-state index in [-0.39, 0.29) is 5.91 Å². The summed E-state index contributed by atoms with van der Waals surface area (Å²) in [5, 5.41) is 1.09. The molecule has 0 unspecified atom stereocenters. The van der Waals surface area contributed by atoms with Crippen LogP contribution < -0.4 is 10.9 Å². The van der Waals surface area contributed by atoms with Gasteiger partial charge in [0.05, 0.1) is 5.69 Å². The summed E-state index contributed by atoms with van der Waals surface area (Å²) in [7, 11) is 0. The van der Waals surface area contributed by atoms with E-state index in [2.05, 4.69) is 21.8 Å². The monoisotopic (exact) mass is 240 g/mol. The van der Waals surface area contributed by atoms with Gasteiger partial charge in [-0.15, -0.1) is 0 Å². The lowest BCUT2D eigenvalue weighted by molar-refractivity contribution is -0.116. The van der Waals surface area contributed by atoms with E-state index in [1.165, 1.54) is 6.92 Å². The van der Waals surface area contributed by atoms with Gasteiger partial charge in [-0.05, 0) is 30.2 Å². The van der Waals surface area contributed by atoms with Gasteiger partial charge in [0.15, 0.2) is 5.82 Å². The fourth-order valence-corrected chi connectivity index (χ4v) is 1.35. The highest BCUT2D eigenvalue weighted by molar-refractivity contribution is 5.90. The maximum absolute atomic E-state index is 11.1. The summed E-state index contributed by atoms with van der Waals surface area (Å²) in [6, 6.07) is 7.09. The van der Waals surface area contributed by atoms with E-state index in [0.717, 1.165) is 10.6 Å². The molecule has 5 nitrogen and oxygen atoms in total. The van der Waals surface area contributed by atoms with Crippen LogP contribution in [0.2, 0.25) is 0 Å². The molecular formula is C13H12N4O. The van der Waals surface area contributed by atoms with Crippen LogP contribution >= 0.6 is 0 Å². The Labute approximate surface area is 105 Å². The molecule has 18 heavy (non-hydrogen) atoms. The number of imidazole rings is 1. The molecular weight excluding hydrogens is 228 g/mol. The number of aromatic amines is 1. The van der Waals surface area contributed by atoms with E-state index in [0.29, 0.717) is 11.5 Å². The number of nitrogens with one attached hydrogen (secondary N) is 1. The van der Waals surface area contributed by atoms with Crippen LogP contribution in [0.4, 0.5) is 5.69 Å². The van der Waals surface area contributed by atoms with Crippen LogP contribution in [-0.4, -0.2) is 15.9 Å². The predicted octanol–water partition coefficient (Wildman–Crippen LogP) is 1.04. The third-order valence-corrected chi connectivity index (χ3v) is 2.31. The molecule has 1 amide bonds. The summed E-state index contributed by atoms with van der Waals surface area (Å²) in [4.78, 5) is 18.0. The highest BCUT2D eigenvalue weighted by Gasteiger charge is 2.04. The van der Waals surface area contributed by atoms with Gasteiger partial charge in [0.25, 0.3) is 0 Å². The summed E-state index contributed by atoms with van der Waals surface area (Å²) in [6.07, 6.45) is 3.36. The van der Waals surface area contributed by atoms with E-state index in [4.69, 9.17) is 5.84 Å². The Bertz CT molecular complexity index is 590. The number of carbonyl (C=O) groups excluding carboxylic acids is 1. The summed E-state index contributed by atoms with van der Waals surface area (Å²) in [5.74, 6) is 11.8. The van der Waals surface area contributed by atoms with Crippen molar-refractivity contribution in [3.8, 4) is 11.8 Å². The predicted molar refractivity (Wildman–Crippen MR) is 68.4 cm³/mol. The van der Waals surface area contributed by atoms with Crippen LogP contribution in [-0.2, 0) is 4.79 Å². The molecule has 0 atom stereocenters. The second kappa shape index (κ2) is 5.17. The number of benzene rings is 1. The quantitative estimate of drug-likeness (QED) is 0.338. The zero-order valence-electron chi connectivity index (χ0n) is 9.84. The molecule has 0 fully saturated rings. The number of carbonyl (C=O) groups is 1. The highest BCUT2D eigenvalue weighted by atomic mass is 16.2. The van der Waals surface area contributed by atoms with Gasteiger partial charge in [-0.3, -0.25) is 4.79 Å². The fourth-order valence-electron chi connectivity index (χ4n) is 1.35. The van der Waals surface area contributed by atoms with Gasteiger partial charge in [0.2, 0.25) is 5.91 Å². The molecule has 2 aromatic rings. The third-order valence-electron chi connectivity index (χ3n) is 2.31. The molecule has 5 heteroatoms. The average Bonchev–Trinajstić information content (AvgIpc) is 2.89. The molecule has 3 N–H and O–H groups in total. The normalized spacial score (nSPS) is 9.44. The van der Waals surface area contributed by atoms with Crippen molar-refractivity contribution in [3.63, 3.8) is 0 Å². The zero-order chi connectivity index (χ0) is 13.0. The number of hydrazine groups is 1. The lowest BCUT2D eigenvalue weighted by atomic mass is 10.2. The van der Waals surface area contributed by atoms with E-state index < -0.39 is 0 Å². The minimum Gasteiger partial charge on any atom is -0.338 e. The van der Waals surface area contributed by atoms with Gasteiger partial charge < -0.3 is 4.98 Å². The van der Waals surface area contributed by atoms with Gasteiger partial charge in [-0.1, -0.05) is 5.92 Å². The van der Waals surface area contributed by atoms with Gasteiger partial charge >= 0.3 is 0 Å². The molecule has 0 aliphatic rings. The third kappa shape index (κ3) is 2.75. The number of hydrogen-bond donors (Lipinski definition) is 2. The van der Waals surface area contributed by atoms with Crippen LogP contribution in [0.1, 0.15) is 18.3 Å². The Morgan fingerprint density at radius 2 is 2.06 bits per heavy atom. The van der Waals surface area contributed by atoms with Crippen LogP contribution in [0.3, 0.4) is 0 Å². The van der Waals surface area contributed by atoms with E-state index in [1.807, 2.05) is 0 Å². The van der Waals surface area contributed by atoms with Gasteiger partial charge in [-0.25, -0.2) is 15.8 Å². The SMILES string of the molecule is CC(=O)N(N)c1ccc(C#Cc2ncc[nH]2)cc1. The number of nitrogens with zero attached hydrogens (tertiary/aromatic N) is 2. The van der Waals surface area contributed by atoms with Crippen molar-refractivity contribution < 1.29 is 4.79 Å². The Hall–Kier alpha value is -2.58. The van der Waals surface area contributed by atoms with Crippen molar-refractivity contribution in [2.24, 2.45) is 5.84 Å². The van der Waals surface area contributed by atoms with Gasteiger partial charge in [0.1, 0.15) is 0 Å². The Balaban J connectivity index is 2.15. The second-order valence-corrected chi connectivity index (χ2v) is 3.62. The molecule has 0 aliphatic carbocycles. The molecule has 0 bridgehead atoms. The van der Waals surface area contributed by atoms with Crippen LogP contribution in [0.5, 0.6) is 0 Å². The highest BCUT2D eigenvalue weighted by Crippen LogP contribution is 2.11. The van der Waals surface area contributed by atoms with Gasteiger partial charge in [-0.2, -0.15) is 0 Å². The van der Waals surface area contributed by atoms with Crippen molar-refractivity contribution in [2.75, 3.05) is 5.01 Å². The molecule has 0 saturated heterocycles. The maximum Gasteiger partial charge on any atom is 0.238 e. The first kappa shape index (κ1) is 11.9. The Kier molecular flexibility index (Phi) is 3.41. The van der Waals surface area contributed by atoms with E-state index >= 15 is 0 Å². The summed E-state index contributed by atoms with van der Waals surface area (Å²) < 4.78 is 0. The van der Waals surface area contributed by atoms with Crippen molar-refractivity contribution in [1.29, 1.82) is 0 Å². The largest absolute Gasteiger partial charge is 0.338 e. The lowest BCUT2D eigenvalue weighted by Gasteiger charge is -2.13. The van der Waals surface area contributed by atoms with Crippen LogP contribution in [0.25, 0.3) is 0 Å². The minimum atomic E-state index is -0.218. The summed E-state index contributed by atoms with van der Waals surface area (Å²) >= 11 is 0. The first-order valence-corrected chi connectivity index (χ1v) is 5.33. The topological polar surface area (TPSA) is 75.0 Å². The molecule has 0 aliphatic heterocycles. The molecule has 0 saturated carbocycles. The first-order chi connectivity index (χ1) is 8.66. The van der Waals surface area contributed by atoms with E-state index in [1.54, 1.807) is 36.7 Å². The van der Waals surface area contributed by atoms with Crippen molar-refractivity contribution in [3.05, 3.63) is 48.0 Å². The molecule has 0 spiro atoms. The van der Waals surface area contributed by atoms with Crippen molar-refractivity contribution >= 4 is 11.6 Å². The summed E-state index contributed by atoms with van der Waals surface area (Å²) in [6.45, 7) is 1.41. The van der Waals surface area contributed by atoms with Crippen LogP contribution in [0.15, 0.2) is 36.7 Å². The van der Waals surface area contributed by atoms with Crippen LogP contribution in [0, 0.1) is 11.8 Å². The Morgan fingerprint density at radius 1 is 1.33 bits per heavy atom. The molecule has 0 radical (unpaired) electrons. The number of H-pyrrole nitrogens is 1. The average molecular weight is 240 g/mol. The second-order valence-electron chi connectivity index (χ2n) is 3.62. The number of aromatic nitrogens is 2. The smallest absolute Gasteiger partial charge is 0.238 e. The van der Waals surface area contributed by atoms with Crippen molar-refractivity contribution in [1.82, 2.24) is 9.97 Å². The van der Waals surface area contributed by atoms with Crippen molar-refractivity contribution in [2.45, 2.75) is 6.92 Å². The number of rotatable bonds is 1. The number of nitrogens with two attached hydrogens (primary N) is 1. The summed E-state index contributed by atoms with van der Waals surface area (Å²) in [5.41, 5.74) is 1.46. The molecule has 1 aromatic heterocycles. The first-order valence-electron chi connectivity index (χ1n) is 5.33. The van der Waals surface area contributed by atoms with Gasteiger partial charge in [0, 0.05) is 24.9 Å². The number of amides is 1. The maximum atomic E-state index is 11.1. The zero-order valence-corrected chi connectivity index (χ0v) is 9.84. The number of anilines is 1. The Morgan fingerprint density at radius 3 is 2.61 bits per heavy atom. The minimum absolute atomic E-state index is 0.218. The molecule has 1 heterocycles. The standard InChI is InChI=1S/C13H12N4O/c1-10(18)17(14)12-5-2-11(3-6-12)4-7-13-15-8-9-16-13/h2-3,5-6,8-9H,14H2,1H3,(H,15,16). The molecule has 1 aromatic carbocycles. The molecule has 90 valence electrons. The lowest BCUT2D eigenvalue weighted by Crippen LogP contribution is -2.35.